The molecule has 1 saturated carbocycles. The molecule has 1 amide bonds. The van der Waals surface area contributed by atoms with Crippen LogP contribution in [0.1, 0.15) is 38.5 Å². The zero-order chi connectivity index (χ0) is 10.2. The van der Waals surface area contributed by atoms with Crippen LogP contribution in [-0.2, 0) is 4.74 Å². The number of ether oxygens (including phenoxy) is 1. The molecular weight excluding hydrogens is 178 g/mol. The number of rotatable bonds is 0. The Balaban J connectivity index is 2.21. The van der Waals surface area contributed by atoms with Crippen molar-refractivity contribution in [2.75, 3.05) is 7.05 Å². The number of amides is 1. The van der Waals surface area contributed by atoms with E-state index in [4.69, 9.17) is 4.74 Å². The molecule has 2 fully saturated rings. The lowest BCUT2D eigenvalue weighted by Gasteiger charge is -2.47. The molecule has 2 rings (SSSR count). The average Bonchev–Trinajstić information content (AvgIpc) is 2.15. The molecular formula is C11H17NO2. The van der Waals surface area contributed by atoms with Gasteiger partial charge in [0.2, 0.25) is 0 Å². The normalized spacial score (nSPS) is 26.5. The van der Waals surface area contributed by atoms with Crippen molar-refractivity contribution in [2.45, 2.75) is 44.1 Å². The highest BCUT2D eigenvalue weighted by Crippen LogP contribution is 2.40. The number of carbonyl (C=O) groups excluding carboxylic acids is 1. The smallest absolute Gasteiger partial charge is 0.415 e. The Morgan fingerprint density at radius 3 is 2.64 bits per heavy atom. The predicted octanol–water partition coefficient (Wildman–Crippen LogP) is 2.68. The third-order valence-corrected chi connectivity index (χ3v) is 3.53. The van der Waals surface area contributed by atoms with Crippen LogP contribution >= 0.6 is 0 Å². The molecule has 1 aliphatic carbocycles. The van der Waals surface area contributed by atoms with Gasteiger partial charge in [0.15, 0.2) is 0 Å². The number of nitrogens with zero attached hydrogens (tertiary/aromatic N) is 1. The van der Waals surface area contributed by atoms with Crippen LogP contribution in [0.15, 0.2) is 12.3 Å². The Hall–Kier alpha value is -0.990. The molecule has 78 valence electrons. The molecule has 1 spiro atoms. The second-order valence-corrected chi connectivity index (χ2v) is 4.43. The van der Waals surface area contributed by atoms with Crippen molar-refractivity contribution in [3.63, 3.8) is 0 Å². The summed E-state index contributed by atoms with van der Waals surface area (Å²) >= 11 is 0. The largest absolute Gasteiger partial charge is 0.415 e. The van der Waals surface area contributed by atoms with Crippen molar-refractivity contribution in [2.24, 2.45) is 0 Å². The van der Waals surface area contributed by atoms with E-state index in [2.05, 4.69) is 6.58 Å². The van der Waals surface area contributed by atoms with E-state index in [1.807, 2.05) is 7.05 Å². The summed E-state index contributed by atoms with van der Waals surface area (Å²) in [5.74, 6) is 0.634. The summed E-state index contributed by atoms with van der Waals surface area (Å²) in [6, 6.07) is 0. The summed E-state index contributed by atoms with van der Waals surface area (Å²) in [7, 11) is 1.85. The van der Waals surface area contributed by atoms with E-state index < -0.39 is 0 Å². The molecule has 3 heteroatoms. The highest BCUT2D eigenvalue weighted by molar-refractivity contribution is 5.71. The van der Waals surface area contributed by atoms with E-state index in [-0.39, 0.29) is 11.6 Å². The fraction of sp³-hybridized carbons (Fsp3) is 0.727. The van der Waals surface area contributed by atoms with Gasteiger partial charge in [-0.1, -0.05) is 25.8 Å². The van der Waals surface area contributed by atoms with Crippen molar-refractivity contribution < 1.29 is 9.53 Å². The van der Waals surface area contributed by atoms with E-state index >= 15 is 0 Å². The van der Waals surface area contributed by atoms with Gasteiger partial charge in [-0.3, -0.25) is 0 Å². The van der Waals surface area contributed by atoms with E-state index in [0.29, 0.717) is 5.76 Å². The van der Waals surface area contributed by atoms with Gasteiger partial charge in [-0.15, -0.1) is 0 Å². The van der Waals surface area contributed by atoms with Crippen LogP contribution in [0.25, 0.3) is 0 Å². The van der Waals surface area contributed by atoms with Crippen molar-refractivity contribution in [1.82, 2.24) is 4.90 Å². The van der Waals surface area contributed by atoms with Crippen LogP contribution in [0.3, 0.4) is 0 Å². The van der Waals surface area contributed by atoms with Crippen LogP contribution in [0.2, 0.25) is 0 Å². The molecule has 0 aromatic rings. The SMILES string of the molecule is C=C1CC2(CCCCC2)N(C)C(=O)O1. The summed E-state index contributed by atoms with van der Waals surface area (Å²) in [6.45, 7) is 3.78. The van der Waals surface area contributed by atoms with Gasteiger partial charge >= 0.3 is 6.09 Å². The zero-order valence-electron chi connectivity index (χ0n) is 8.71. The molecule has 0 aromatic carbocycles. The lowest BCUT2D eigenvalue weighted by Crippen LogP contribution is -2.54. The molecule has 1 saturated heterocycles. The Labute approximate surface area is 84.7 Å². The van der Waals surface area contributed by atoms with Crippen LogP contribution in [0, 0.1) is 0 Å². The summed E-state index contributed by atoms with van der Waals surface area (Å²) in [5, 5.41) is 0. The quantitative estimate of drug-likeness (QED) is 0.594. The molecule has 2 aliphatic rings. The fourth-order valence-corrected chi connectivity index (χ4v) is 2.63. The Kier molecular flexibility index (Phi) is 2.25. The maximum atomic E-state index is 11.5. The third kappa shape index (κ3) is 1.41. The first-order chi connectivity index (χ1) is 6.64. The van der Waals surface area contributed by atoms with Crippen molar-refractivity contribution in [3.05, 3.63) is 12.3 Å². The number of hydrogen-bond acceptors (Lipinski definition) is 2. The molecule has 0 radical (unpaired) electrons. The van der Waals surface area contributed by atoms with Gasteiger partial charge in [0, 0.05) is 13.5 Å². The number of cyclic esters (lactones) is 1. The molecule has 1 aliphatic heterocycles. The van der Waals surface area contributed by atoms with Gasteiger partial charge in [0.05, 0.1) is 5.54 Å². The maximum absolute atomic E-state index is 11.5. The third-order valence-electron chi connectivity index (χ3n) is 3.53. The standard InChI is InChI=1S/C11H17NO2/c1-9-8-11(6-4-3-5-7-11)12(2)10(13)14-9/h1,3-8H2,2H3. The summed E-state index contributed by atoms with van der Waals surface area (Å²) in [4.78, 5) is 13.3. The first-order valence-electron chi connectivity index (χ1n) is 5.27. The first kappa shape index (κ1) is 9.56. The topological polar surface area (TPSA) is 29.5 Å². The molecule has 0 aromatic heterocycles. The average molecular weight is 195 g/mol. The molecule has 0 unspecified atom stereocenters. The van der Waals surface area contributed by atoms with Gasteiger partial charge in [-0.25, -0.2) is 4.79 Å². The molecule has 1 heterocycles. The van der Waals surface area contributed by atoms with Crippen LogP contribution in [0.4, 0.5) is 4.79 Å². The molecule has 0 atom stereocenters. The van der Waals surface area contributed by atoms with Crippen LogP contribution in [0.5, 0.6) is 0 Å². The number of carbonyl (C=O) groups is 1. The molecule has 0 N–H and O–H groups in total. The van der Waals surface area contributed by atoms with Crippen molar-refractivity contribution >= 4 is 6.09 Å². The van der Waals surface area contributed by atoms with E-state index in [9.17, 15) is 4.79 Å². The summed E-state index contributed by atoms with van der Waals surface area (Å²) < 4.78 is 5.02. The molecule has 3 nitrogen and oxygen atoms in total. The summed E-state index contributed by atoms with van der Waals surface area (Å²) in [6.07, 6.45) is 6.49. The minimum Gasteiger partial charge on any atom is -0.415 e. The van der Waals surface area contributed by atoms with Gasteiger partial charge < -0.3 is 9.64 Å². The highest BCUT2D eigenvalue weighted by atomic mass is 16.6. The van der Waals surface area contributed by atoms with E-state index in [1.54, 1.807) is 4.90 Å². The number of hydrogen-bond donors (Lipinski definition) is 0. The monoisotopic (exact) mass is 195 g/mol. The Bertz CT molecular complexity index is 266. The van der Waals surface area contributed by atoms with Crippen LogP contribution < -0.4 is 0 Å². The van der Waals surface area contributed by atoms with Gasteiger partial charge in [-0.2, -0.15) is 0 Å². The fourth-order valence-electron chi connectivity index (χ4n) is 2.63. The second-order valence-electron chi connectivity index (χ2n) is 4.43. The van der Waals surface area contributed by atoms with Gasteiger partial charge in [0.1, 0.15) is 5.76 Å². The second kappa shape index (κ2) is 3.30. The van der Waals surface area contributed by atoms with Crippen molar-refractivity contribution in [3.8, 4) is 0 Å². The van der Waals surface area contributed by atoms with Crippen molar-refractivity contribution in [1.29, 1.82) is 0 Å². The first-order valence-corrected chi connectivity index (χ1v) is 5.27. The van der Waals surface area contributed by atoms with Gasteiger partial charge in [0.25, 0.3) is 0 Å². The van der Waals surface area contributed by atoms with E-state index in [1.165, 1.54) is 19.3 Å². The minimum atomic E-state index is -0.233. The van der Waals surface area contributed by atoms with Gasteiger partial charge in [-0.05, 0) is 12.8 Å². The lowest BCUT2D eigenvalue weighted by atomic mass is 9.77. The minimum absolute atomic E-state index is 0.0185. The Morgan fingerprint density at radius 1 is 1.36 bits per heavy atom. The zero-order valence-corrected chi connectivity index (χ0v) is 8.71. The maximum Gasteiger partial charge on any atom is 0.415 e. The molecule has 14 heavy (non-hydrogen) atoms. The predicted molar refractivity (Wildman–Crippen MR) is 53.8 cm³/mol. The van der Waals surface area contributed by atoms with Crippen LogP contribution in [-0.4, -0.2) is 23.6 Å². The Morgan fingerprint density at radius 2 is 2.00 bits per heavy atom. The lowest BCUT2D eigenvalue weighted by molar-refractivity contribution is 0.0198. The van der Waals surface area contributed by atoms with E-state index in [0.717, 1.165) is 19.3 Å². The highest BCUT2D eigenvalue weighted by Gasteiger charge is 2.43. The summed E-state index contributed by atoms with van der Waals surface area (Å²) in [5.41, 5.74) is 0.0185. The molecule has 0 bridgehead atoms.